The molecule has 0 aromatic carbocycles. The van der Waals surface area contributed by atoms with Gasteiger partial charge in [0.15, 0.2) is 5.37 Å². The number of allylic oxidation sites excluding steroid dienone is 4. The van der Waals surface area contributed by atoms with E-state index in [1.807, 2.05) is 0 Å². The quantitative estimate of drug-likeness (QED) is 0.0209. The molecular weight excluding hydrogens is 1060 g/mol. The molecule has 4 amide bonds. The van der Waals surface area contributed by atoms with Crippen LogP contribution in [0.25, 0.3) is 0 Å². The number of carbonyl (C=O) groups excluding carboxylic acids is 4. The normalized spacial score (nSPS) is 12.4. The first-order valence-corrected chi connectivity index (χ1v) is 39.0. The highest BCUT2D eigenvalue weighted by Gasteiger charge is 2.25. The van der Waals surface area contributed by atoms with Crippen molar-refractivity contribution < 1.29 is 19.2 Å². The van der Waals surface area contributed by atoms with Crippen molar-refractivity contribution in [2.45, 2.75) is 399 Å². The van der Waals surface area contributed by atoms with Crippen LogP contribution in [0.4, 0.5) is 0 Å². The van der Waals surface area contributed by atoms with Crippen LogP contribution in [-0.2, 0) is 19.2 Å². The Kier molecular flexibility index (Phi) is 67.5. The van der Waals surface area contributed by atoms with Crippen LogP contribution < -0.4 is 21.3 Å². The van der Waals surface area contributed by atoms with E-state index >= 15 is 0 Å². The molecule has 0 radical (unpaired) electrons. The van der Waals surface area contributed by atoms with Gasteiger partial charge in [0.2, 0.25) is 17.7 Å². The molecule has 4 N–H and O–H groups in total. The maximum atomic E-state index is 13.8. The number of rotatable bonds is 68. The minimum Gasteiger partial charge on any atom is -0.354 e. The van der Waals surface area contributed by atoms with Crippen molar-refractivity contribution in [2.24, 2.45) is 0 Å². The predicted molar refractivity (Wildman–Crippen MR) is 369 cm³/mol. The van der Waals surface area contributed by atoms with E-state index in [1.54, 1.807) is 0 Å². The molecule has 0 aromatic heterocycles. The highest BCUT2D eigenvalue weighted by atomic mass is 33.1. The molecule has 0 aliphatic heterocycles. The SMILES string of the molecule is CCCCCCCC/C=C/CCCCCCCC(=O)NC(CSSC(NC(=O)CCCCCCC/C=C/CCCCCCCC)C(=O)NCCCCCCCCCCCCCCCC)C(=O)NCCCCCCCCCCCCCCCC. The molecule has 0 heterocycles. The maximum Gasteiger partial charge on any atom is 0.253 e. The van der Waals surface area contributed by atoms with E-state index in [0.717, 1.165) is 77.0 Å². The van der Waals surface area contributed by atoms with Crippen LogP contribution in [0.3, 0.4) is 0 Å². The first-order chi connectivity index (χ1) is 40.9. The molecule has 83 heavy (non-hydrogen) atoms. The molecule has 0 rings (SSSR count). The Morgan fingerprint density at radius 1 is 0.301 bits per heavy atom. The molecule has 0 spiro atoms. The Labute approximate surface area is 524 Å². The third-order valence-electron chi connectivity index (χ3n) is 16.6. The fourth-order valence-corrected chi connectivity index (χ4v) is 13.4. The van der Waals surface area contributed by atoms with E-state index in [1.165, 1.54) is 291 Å². The highest BCUT2D eigenvalue weighted by Crippen LogP contribution is 2.27. The molecule has 488 valence electrons. The molecule has 0 aliphatic rings. The van der Waals surface area contributed by atoms with Crippen LogP contribution in [0.5, 0.6) is 0 Å². The summed E-state index contributed by atoms with van der Waals surface area (Å²) < 4.78 is 0. The molecule has 0 saturated carbocycles. The predicted octanol–water partition coefficient (Wildman–Crippen LogP) is 22.6. The first kappa shape index (κ1) is 81.1. The standard InChI is InChI=1S/C73H140N4O4S2/c1-5-9-13-17-21-25-29-33-37-39-43-47-51-55-59-63-69(78)76-68(71(80)74-65-61-57-53-49-45-41-35-31-27-23-19-15-11-7-3)67-82-83-73(72(81)75-66-62-58-54-50-46-42-36-32-28-24-20-16-12-8-4)77-70(79)64-60-56-52-48-44-40-38-34-30-26-22-18-14-10-6-2/h33-34,37-38,68,73H,5-32,35-36,39-67H2,1-4H3,(H,74,80)(H,75,81)(H,76,78)(H,77,79)/b37-33+,38-34+. The maximum absolute atomic E-state index is 13.8. The summed E-state index contributed by atoms with van der Waals surface area (Å²) in [5, 5.41) is 11.6. The summed E-state index contributed by atoms with van der Waals surface area (Å²) in [7, 11) is 2.69. The van der Waals surface area contributed by atoms with Gasteiger partial charge in [-0.25, -0.2) is 0 Å². The second-order valence-corrected chi connectivity index (χ2v) is 27.4. The number of nitrogens with one attached hydrogen (secondary N) is 4. The van der Waals surface area contributed by atoms with Crippen molar-refractivity contribution in [3.8, 4) is 0 Å². The van der Waals surface area contributed by atoms with Crippen LogP contribution in [0.15, 0.2) is 24.3 Å². The molecule has 10 heteroatoms. The fourth-order valence-electron chi connectivity index (χ4n) is 11.0. The lowest BCUT2D eigenvalue weighted by Crippen LogP contribution is -2.48. The Morgan fingerprint density at radius 2 is 0.554 bits per heavy atom. The lowest BCUT2D eigenvalue weighted by Gasteiger charge is -2.21. The third kappa shape index (κ3) is 62.9. The third-order valence-corrected chi connectivity index (χ3v) is 19.1. The van der Waals surface area contributed by atoms with E-state index in [4.69, 9.17) is 0 Å². The lowest BCUT2D eigenvalue weighted by atomic mass is 10.0. The Bertz CT molecular complexity index is 1340. The minimum absolute atomic E-state index is 0.0967. The van der Waals surface area contributed by atoms with Crippen molar-refractivity contribution in [3.05, 3.63) is 24.3 Å². The Morgan fingerprint density at radius 3 is 0.867 bits per heavy atom. The second-order valence-electron chi connectivity index (χ2n) is 24.9. The number of hydrogen-bond acceptors (Lipinski definition) is 6. The van der Waals surface area contributed by atoms with Gasteiger partial charge in [0.05, 0.1) is 0 Å². The van der Waals surface area contributed by atoms with Crippen LogP contribution in [0, 0.1) is 0 Å². The number of carbonyl (C=O) groups is 4. The average molecular weight is 1200 g/mol. The fraction of sp³-hybridized carbons (Fsp3) is 0.890. The smallest absolute Gasteiger partial charge is 0.253 e. The van der Waals surface area contributed by atoms with Crippen LogP contribution in [0.1, 0.15) is 387 Å². The summed E-state index contributed by atoms with van der Waals surface area (Å²) in [5.41, 5.74) is 0. The van der Waals surface area contributed by atoms with Crippen molar-refractivity contribution >= 4 is 45.2 Å². The van der Waals surface area contributed by atoms with Gasteiger partial charge in [-0.2, -0.15) is 0 Å². The molecule has 0 fully saturated rings. The monoisotopic (exact) mass is 1200 g/mol. The van der Waals surface area contributed by atoms with Crippen molar-refractivity contribution in [1.29, 1.82) is 0 Å². The van der Waals surface area contributed by atoms with Crippen LogP contribution in [0.2, 0.25) is 0 Å². The van der Waals surface area contributed by atoms with Gasteiger partial charge in [0.25, 0.3) is 5.91 Å². The second kappa shape index (κ2) is 69.2. The average Bonchev–Trinajstić information content (AvgIpc) is 3.49. The van der Waals surface area contributed by atoms with Crippen molar-refractivity contribution in [1.82, 2.24) is 21.3 Å². The summed E-state index contributed by atoms with van der Waals surface area (Å²) in [5.74, 6) is -0.260. The van der Waals surface area contributed by atoms with Gasteiger partial charge in [-0.05, 0) is 77.0 Å². The molecule has 0 aromatic rings. The largest absolute Gasteiger partial charge is 0.354 e. The summed E-state index contributed by atoms with van der Waals surface area (Å²) in [6.45, 7) is 10.3. The van der Waals surface area contributed by atoms with Gasteiger partial charge >= 0.3 is 0 Å². The van der Waals surface area contributed by atoms with Crippen molar-refractivity contribution in [3.63, 3.8) is 0 Å². The lowest BCUT2D eigenvalue weighted by molar-refractivity contribution is -0.128. The number of amides is 4. The zero-order chi connectivity index (χ0) is 60.3. The molecule has 8 nitrogen and oxygen atoms in total. The molecule has 0 bridgehead atoms. The van der Waals surface area contributed by atoms with Gasteiger partial charge < -0.3 is 21.3 Å². The van der Waals surface area contributed by atoms with Gasteiger partial charge in [-0.1, -0.05) is 343 Å². The van der Waals surface area contributed by atoms with Gasteiger partial charge in [0.1, 0.15) is 6.04 Å². The topological polar surface area (TPSA) is 116 Å². The van der Waals surface area contributed by atoms with Crippen molar-refractivity contribution in [2.75, 3.05) is 18.8 Å². The Balaban J connectivity index is 5.28. The van der Waals surface area contributed by atoms with E-state index in [9.17, 15) is 19.2 Å². The van der Waals surface area contributed by atoms with Gasteiger partial charge in [-0.3, -0.25) is 19.2 Å². The molecule has 0 saturated heterocycles. The minimum atomic E-state index is -0.784. The van der Waals surface area contributed by atoms with E-state index in [2.05, 4.69) is 73.3 Å². The molecule has 0 aliphatic carbocycles. The van der Waals surface area contributed by atoms with Gasteiger partial charge in [0, 0.05) is 31.7 Å². The summed E-state index contributed by atoms with van der Waals surface area (Å²) in [6.07, 6.45) is 77.5. The van der Waals surface area contributed by atoms with E-state index in [-0.39, 0.29) is 23.6 Å². The molecular formula is C73H140N4O4S2. The van der Waals surface area contributed by atoms with Crippen LogP contribution in [-0.4, -0.2) is 53.9 Å². The molecule has 2 unspecified atom stereocenters. The van der Waals surface area contributed by atoms with Crippen LogP contribution >= 0.6 is 21.6 Å². The summed E-state index contributed by atoms with van der Waals surface area (Å²) in [4.78, 5) is 54.4. The first-order valence-electron chi connectivity index (χ1n) is 36.6. The summed E-state index contributed by atoms with van der Waals surface area (Å²) >= 11 is 0. The highest BCUT2D eigenvalue weighted by molar-refractivity contribution is 8.77. The zero-order valence-electron chi connectivity index (χ0n) is 55.6. The Hall–Kier alpha value is -1.94. The van der Waals surface area contributed by atoms with E-state index in [0.29, 0.717) is 31.7 Å². The van der Waals surface area contributed by atoms with E-state index < -0.39 is 11.4 Å². The summed E-state index contributed by atoms with van der Waals surface area (Å²) in [6, 6.07) is -0.722. The van der Waals surface area contributed by atoms with Gasteiger partial charge in [-0.15, -0.1) is 0 Å². The zero-order valence-corrected chi connectivity index (χ0v) is 57.3. The number of hydrogen-bond donors (Lipinski definition) is 4. The molecule has 2 atom stereocenters. The number of unbranched alkanes of at least 4 members (excludes halogenated alkanes) is 48.